The zero-order valence-corrected chi connectivity index (χ0v) is 20.0. The molecule has 1 unspecified atom stereocenters. The first-order chi connectivity index (χ1) is 16.9. The van der Waals surface area contributed by atoms with E-state index >= 15 is 0 Å². The van der Waals surface area contributed by atoms with E-state index in [9.17, 15) is 14.4 Å². The Morgan fingerprint density at radius 1 is 1.23 bits per heavy atom. The summed E-state index contributed by atoms with van der Waals surface area (Å²) in [6.07, 6.45) is 8.03. The number of likely N-dealkylation sites (tertiary alicyclic amines) is 1. The molecule has 0 bridgehead atoms. The molecule has 1 saturated heterocycles. The van der Waals surface area contributed by atoms with Crippen molar-refractivity contribution in [2.45, 2.75) is 32.6 Å². The SMILES string of the molecule is CCOC(=O)C(C=C1CC=Cc2c1nc(Cc1ccc(C#N)cc1)c(=O)n2C)C(=O)N1CCCC1. The van der Waals surface area contributed by atoms with Crippen LogP contribution in [0.4, 0.5) is 0 Å². The molecular formula is C27H28N4O4. The van der Waals surface area contributed by atoms with Crippen LogP contribution >= 0.6 is 0 Å². The van der Waals surface area contributed by atoms with Gasteiger partial charge >= 0.3 is 5.97 Å². The molecule has 8 heteroatoms. The molecule has 0 spiro atoms. The molecule has 8 nitrogen and oxygen atoms in total. The van der Waals surface area contributed by atoms with Gasteiger partial charge < -0.3 is 14.2 Å². The summed E-state index contributed by atoms with van der Waals surface area (Å²) >= 11 is 0. The predicted molar refractivity (Wildman–Crippen MR) is 131 cm³/mol. The fourth-order valence-corrected chi connectivity index (χ4v) is 4.48. The van der Waals surface area contributed by atoms with Crippen molar-refractivity contribution < 1.29 is 14.3 Å². The number of nitrogens with zero attached hydrogens (tertiary/aromatic N) is 4. The molecule has 1 atom stereocenters. The van der Waals surface area contributed by atoms with Gasteiger partial charge in [-0.15, -0.1) is 0 Å². The van der Waals surface area contributed by atoms with E-state index in [-0.39, 0.29) is 18.1 Å². The van der Waals surface area contributed by atoms with Crippen LogP contribution < -0.4 is 5.56 Å². The van der Waals surface area contributed by atoms with E-state index in [1.807, 2.05) is 12.2 Å². The average molecular weight is 473 g/mol. The average Bonchev–Trinajstić information content (AvgIpc) is 3.41. The van der Waals surface area contributed by atoms with Crippen LogP contribution in [0.25, 0.3) is 11.6 Å². The summed E-state index contributed by atoms with van der Waals surface area (Å²) in [5.41, 5.74) is 3.48. The molecule has 1 aromatic carbocycles. The lowest BCUT2D eigenvalue weighted by Gasteiger charge is -2.22. The number of nitriles is 1. The van der Waals surface area contributed by atoms with Gasteiger partial charge in [0.15, 0.2) is 5.92 Å². The third-order valence-electron chi connectivity index (χ3n) is 6.37. The molecule has 1 aliphatic heterocycles. The molecule has 1 fully saturated rings. The third kappa shape index (κ3) is 5.09. The van der Waals surface area contributed by atoms with Crippen LogP contribution in [0.5, 0.6) is 0 Å². The van der Waals surface area contributed by atoms with Gasteiger partial charge in [-0.2, -0.15) is 5.26 Å². The summed E-state index contributed by atoms with van der Waals surface area (Å²) < 4.78 is 6.78. The number of rotatable bonds is 6. The molecule has 2 heterocycles. The number of hydrogen-bond acceptors (Lipinski definition) is 6. The third-order valence-corrected chi connectivity index (χ3v) is 6.37. The van der Waals surface area contributed by atoms with E-state index < -0.39 is 11.9 Å². The van der Waals surface area contributed by atoms with Gasteiger partial charge in [0.05, 0.1) is 29.6 Å². The maximum atomic E-state index is 13.2. The first kappa shape index (κ1) is 24.1. The van der Waals surface area contributed by atoms with Gasteiger partial charge in [-0.05, 0) is 55.5 Å². The number of benzene rings is 1. The van der Waals surface area contributed by atoms with Crippen molar-refractivity contribution in [3.8, 4) is 6.07 Å². The van der Waals surface area contributed by atoms with Crippen molar-refractivity contribution in [3.05, 3.63) is 75.0 Å². The van der Waals surface area contributed by atoms with Crippen LogP contribution in [0.2, 0.25) is 0 Å². The van der Waals surface area contributed by atoms with E-state index in [2.05, 4.69) is 6.07 Å². The molecule has 1 aromatic heterocycles. The van der Waals surface area contributed by atoms with Crippen molar-refractivity contribution in [1.82, 2.24) is 14.5 Å². The molecule has 4 rings (SSSR count). The van der Waals surface area contributed by atoms with Crippen molar-refractivity contribution in [2.24, 2.45) is 13.0 Å². The van der Waals surface area contributed by atoms with Crippen LogP contribution in [0.15, 0.2) is 41.2 Å². The van der Waals surface area contributed by atoms with Crippen molar-refractivity contribution in [3.63, 3.8) is 0 Å². The highest BCUT2D eigenvalue weighted by atomic mass is 16.5. The second kappa shape index (κ2) is 10.5. The Morgan fingerprint density at radius 2 is 1.94 bits per heavy atom. The zero-order valence-electron chi connectivity index (χ0n) is 20.0. The quantitative estimate of drug-likeness (QED) is 0.473. The number of fused-ring (bicyclic) bond motifs is 1. The monoisotopic (exact) mass is 472 g/mol. The number of esters is 1. The van der Waals surface area contributed by atoms with Crippen molar-refractivity contribution >= 4 is 23.5 Å². The van der Waals surface area contributed by atoms with E-state index in [1.165, 1.54) is 0 Å². The Hall–Kier alpha value is -3.99. The lowest BCUT2D eigenvalue weighted by Crippen LogP contribution is -2.37. The summed E-state index contributed by atoms with van der Waals surface area (Å²) in [4.78, 5) is 45.4. The Kier molecular flexibility index (Phi) is 7.25. The van der Waals surface area contributed by atoms with Crippen LogP contribution in [0.3, 0.4) is 0 Å². The number of allylic oxidation sites excluding steroid dienone is 2. The normalized spacial score (nSPS) is 16.6. The molecule has 1 amide bonds. The Bertz CT molecular complexity index is 1290. The van der Waals surface area contributed by atoms with E-state index in [0.29, 0.717) is 54.1 Å². The van der Waals surface area contributed by atoms with Gasteiger partial charge in [-0.25, -0.2) is 4.98 Å². The van der Waals surface area contributed by atoms with Crippen LogP contribution in [-0.2, 0) is 27.8 Å². The number of ether oxygens (including phenoxy) is 1. The Labute approximate surface area is 204 Å². The minimum atomic E-state index is -1.05. The van der Waals surface area contributed by atoms with Crippen LogP contribution in [0.1, 0.15) is 54.4 Å². The maximum Gasteiger partial charge on any atom is 0.322 e. The number of hydrogen-bond donors (Lipinski definition) is 0. The summed E-state index contributed by atoms with van der Waals surface area (Å²) in [7, 11) is 1.69. The fraction of sp³-hybridized carbons (Fsp3) is 0.370. The largest absolute Gasteiger partial charge is 0.465 e. The lowest BCUT2D eigenvalue weighted by atomic mass is 9.94. The van der Waals surface area contributed by atoms with Gasteiger partial charge in [-0.1, -0.05) is 24.3 Å². The number of amides is 1. The summed E-state index contributed by atoms with van der Waals surface area (Å²) in [6, 6.07) is 9.12. The first-order valence-corrected chi connectivity index (χ1v) is 11.8. The molecular weight excluding hydrogens is 444 g/mol. The van der Waals surface area contributed by atoms with Gasteiger partial charge in [0.1, 0.15) is 5.69 Å². The number of carbonyl (C=O) groups excluding carboxylic acids is 2. The van der Waals surface area contributed by atoms with Gasteiger partial charge in [0, 0.05) is 26.6 Å². The summed E-state index contributed by atoms with van der Waals surface area (Å²) in [6.45, 7) is 3.17. The van der Waals surface area contributed by atoms with Gasteiger partial charge in [-0.3, -0.25) is 14.4 Å². The summed E-state index contributed by atoms with van der Waals surface area (Å²) in [5.74, 6) is -1.88. The Morgan fingerprint density at radius 3 is 2.60 bits per heavy atom. The van der Waals surface area contributed by atoms with Crippen molar-refractivity contribution in [1.29, 1.82) is 5.26 Å². The molecule has 180 valence electrons. The van der Waals surface area contributed by atoms with Crippen molar-refractivity contribution in [2.75, 3.05) is 19.7 Å². The molecule has 0 radical (unpaired) electrons. The minimum absolute atomic E-state index is 0.184. The highest BCUT2D eigenvalue weighted by Crippen LogP contribution is 2.29. The zero-order chi connectivity index (χ0) is 24.9. The molecule has 1 aliphatic carbocycles. The Balaban J connectivity index is 1.74. The van der Waals surface area contributed by atoms with Crippen LogP contribution in [0, 0.1) is 17.2 Å². The molecule has 0 saturated carbocycles. The fourth-order valence-electron chi connectivity index (χ4n) is 4.48. The van der Waals surface area contributed by atoms with Gasteiger partial charge in [0.2, 0.25) is 5.91 Å². The van der Waals surface area contributed by atoms with E-state index in [0.717, 1.165) is 18.4 Å². The topological polar surface area (TPSA) is 105 Å². The smallest absolute Gasteiger partial charge is 0.322 e. The van der Waals surface area contributed by atoms with Gasteiger partial charge in [0.25, 0.3) is 5.56 Å². The maximum absolute atomic E-state index is 13.2. The molecule has 0 N–H and O–H groups in total. The highest BCUT2D eigenvalue weighted by molar-refractivity contribution is 6.01. The highest BCUT2D eigenvalue weighted by Gasteiger charge is 2.33. The lowest BCUT2D eigenvalue weighted by molar-refractivity contribution is -0.152. The first-order valence-electron chi connectivity index (χ1n) is 11.8. The standard InChI is InChI=1S/C27H28N4O4/c1-3-35-27(34)21(25(32)31-13-4-5-14-31)16-20-7-6-8-23-24(20)29-22(26(33)30(23)2)15-18-9-11-19(17-28)12-10-18/h6,8-12,16,21H,3-5,7,13-15H2,1-2H3. The summed E-state index contributed by atoms with van der Waals surface area (Å²) in [5, 5.41) is 9.02. The van der Waals surface area contributed by atoms with E-state index in [4.69, 9.17) is 15.0 Å². The second-order valence-corrected chi connectivity index (χ2v) is 8.70. The number of carbonyl (C=O) groups is 2. The van der Waals surface area contributed by atoms with E-state index in [1.54, 1.807) is 53.8 Å². The minimum Gasteiger partial charge on any atom is -0.465 e. The van der Waals surface area contributed by atoms with Crippen LogP contribution in [-0.4, -0.2) is 46.0 Å². The second-order valence-electron chi connectivity index (χ2n) is 8.70. The molecule has 35 heavy (non-hydrogen) atoms. The molecule has 2 aromatic rings. The molecule has 2 aliphatic rings. The number of aromatic nitrogens is 2. The predicted octanol–water partition coefficient (Wildman–Crippen LogP) is 2.84.